The zero-order chi connectivity index (χ0) is 28.6. The van der Waals surface area contributed by atoms with Crippen molar-refractivity contribution in [3.63, 3.8) is 0 Å². The first-order valence-corrected chi connectivity index (χ1v) is 14.2. The average molecular weight is 558 g/mol. The lowest BCUT2D eigenvalue weighted by Crippen LogP contribution is -2.48. The number of nitrogens with zero attached hydrogens (tertiary/aromatic N) is 7. The molecule has 0 atom stereocenters. The fourth-order valence-corrected chi connectivity index (χ4v) is 5.16. The fraction of sp³-hybridized carbons (Fsp3) is 0.885. The van der Waals surface area contributed by atoms with Crippen molar-refractivity contribution in [2.75, 3.05) is 138 Å². The first-order chi connectivity index (χ1) is 18.6. The molecule has 0 aromatic rings. The number of fused-ring (bicyclic) bond motifs is 20. The molecule has 226 valence electrons. The smallest absolute Gasteiger partial charge is 0.317 e. The lowest BCUT2D eigenvalue weighted by molar-refractivity contribution is -0.139. The van der Waals surface area contributed by atoms with Crippen LogP contribution in [0.25, 0.3) is 0 Å². The highest BCUT2D eigenvalue weighted by molar-refractivity contribution is 5.69. The third-order valence-electron chi connectivity index (χ3n) is 7.63. The Morgan fingerprint density at radius 3 is 1.00 bits per heavy atom. The number of hydrogen-bond donors (Lipinski definition) is 3. The predicted octanol–water partition coefficient (Wildman–Crippen LogP) is -1.58. The molecule has 3 heterocycles. The molecule has 3 fully saturated rings. The molecule has 3 N–H and O–H groups in total. The molecule has 3 aliphatic rings. The van der Waals surface area contributed by atoms with Gasteiger partial charge in [-0.15, -0.1) is 0 Å². The fourth-order valence-electron chi connectivity index (χ4n) is 5.16. The molecule has 0 spiro atoms. The van der Waals surface area contributed by atoms with Crippen LogP contribution in [0.2, 0.25) is 0 Å². The van der Waals surface area contributed by atoms with Crippen molar-refractivity contribution in [3.05, 3.63) is 0 Å². The van der Waals surface area contributed by atoms with Gasteiger partial charge in [0.1, 0.15) is 0 Å². The summed E-state index contributed by atoms with van der Waals surface area (Å²) in [5, 5.41) is 28.3. The minimum Gasteiger partial charge on any atom is -0.480 e. The molecule has 0 radical (unpaired) electrons. The number of likely N-dealkylation sites (N-methyl/N-ethyl adjacent to an activating group) is 2. The Labute approximate surface area is 233 Å². The summed E-state index contributed by atoms with van der Waals surface area (Å²) in [7, 11) is 4.12. The molecule has 3 saturated heterocycles. The van der Waals surface area contributed by atoms with Crippen LogP contribution in [0, 0.1) is 0 Å². The maximum Gasteiger partial charge on any atom is 0.317 e. The van der Waals surface area contributed by atoms with E-state index in [2.05, 4.69) is 33.7 Å². The summed E-state index contributed by atoms with van der Waals surface area (Å²) in [6.45, 7) is 12.0. The van der Waals surface area contributed by atoms with E-state index in [1.807, 2.05) is 14.7 Å². The predicted molar refractivity (Wildman–Crippen MR) is 149 cm³/mol. The Balaban J connectivity index is 2.19. The van der Waals surface area contributed by atoms with E-state index in [1.165, 1.54) is 0 Å². The van der Waals surface area contributed by atoms with Gasteiger partial charge in [-0.25, -0.2) is 0 Å². The van der Waals surface area contributed by atoms with Crippen LogP contribution >= 0.6 is 0 Å². The van der Waals surface area contributed by atoms with Crippen molar-refractivity contribution >= 4 is 17.9 Å². The number of hydrogen-bond acceptors (Lipinski definition) is 10. The maximum atomic E-state index is 11.5. The molecule has 3 rings (SSSR count). The SMILES string of the molecule is CN1CCCN2CCN(CC(=O)O)CCN(CCCN(C)CCN(CC(=O)O)CC1)CCN(CC(=O)O)CC2. The van der Waals surface area contributed by atoms with E-state index in [0.29, 0.717) is 39.3 Å². The van der Waals surface area contributed by atoms with Crippen molar-refractivity contribution in [1.29, 1.82) is 0 Å². The third kappa shape index (κ3) is 15.5. The maximum absolute atomic E-state index is 11.5. The molecular formula is C26H51N7O6. The molecule has 39 heavy (non-hydrogen) atoms. The lowest BCUT2D eigenvalue weighted by atomic mass is 10.2. The van der Waals surface area contributed by atoms with E-state index in [4.69, 9.17) is 0 Å². The van der Waals surface area contributed by atoms with Crippen LogP contribution in [0.3, 0.4) is 0 Å². The largest absolute Gasteiger partial charge is 0.480 e. The Kier molecular flexibility index (Phi) is 15.8. The first-order valence-electron chi connectivity index (χ1n) is 14.2. The molecule has 0 aromatic heterocycles. The lowest BCUT2D eigenvalue weighted by Gasteiger charge is -2.34. The van der Waals surface area contributed by atoms with Gasteiger partial charge < -0.3 is 34.9 Å². The van der Waals surface area contributed by atoms with Gasteiger partial charge in [-0.05, 0) is 53.1 Å². The number of carbonyl (C=O) groups is 3. The second kappa shape index (κ2) is 18.5. The van der Waals surface area contributed by atoms with Gasteiger partial charge in [0.05, 0.1) is 19.6 Å². The second-order valence-electron chi connectivity index (χ2n) is 11.0. The zero-order valence-corrected chi connectivity index (χ0v) is 24.0. The average Bonchev–Trinajstić information content (AvgIpc) is 2.85. The summed E-state index contributed by atoms with van der Waals surface area (Å²) in [5.41, 5.74) is 0. The summed E-state index contributed by atoms with van der Waals surface area (Å²) in [6, 6.07) is 0. The highest BCUT2D eigenvalue weighted by Crippen LogP contribution is 2.04. The number of rotatable bonds is 6. The zero-order valence-electron chi connectivity index (χ0n) is 24.0. The quantitative estimate of drug-likeness (QED) is 0.325. The highest BCUT2D eigenvalue weighted by Gasteiger charge is 2.20. The van der Waals surface area contributed by atoms with Crippen LogP contribution in [0.4, 0.5) is 0 Å². The summed E-state index contributed by atoms with van der Waals surface area (Å²) in [4.78, 5) is 49.7. The molecule has 3 aliphatic heterocycles. The van der Waals surface area contributed by atoms with Crippen molar-refractivity contribution in [2.24, 2.45) is 0 Å². The van der Waals surface area contributed by atoms with Gasteiger partial charge in [-0.1, -0.05) is 0 Å². The van der Waals surface area contributed by atoms with Crippen LogP contribution in [0.5, 0.6) is 0 Å². The van der Waals surface area contributed by atoms with Crippen LogP contribution < -0.4 is 0 Å². The van der Waals surface area contributed by atoms with Crippen molar-refractivity contribution in [2.45, 2.75) is 12.8 Å². The van der Waals surface area contributed by atoms with Gasteiger partial charge in [-0.3, -0.25) is 29.1 Å². The Hall–Kier alpha value is -1.87. The van der Waals surface area contributed by atoms with Gasteiger partial charge in [0.2, 0.25) is 0 Å². The summed E-state index contributed by atoms with van der Waals surface area (Å²) >= 11 is 0. The Morgan fingerprint density at radius 2 is 0.718 bits per heavy atom. The van der Waals surface area contributed by atoms with Gasteiger partial charge in [0.15, 0.2) is 0 Å². The molecule has 0 saturated carbocycles. The van der Waals surface area contributed by atoms with Crippen molar-refractivity contribution < 1.29 is 29.7 Å². The topological polar surface area (TPSA) is 135 Å². The highest BCUT2D eigenvalue weighted by atomic mass is 16.4. The van der Waals surface area contributed by atoms with Crippen LogP contribution in [-0.2, 0) is 14.4 Å². The monoisotopic (exact) mass is 557 g/mol. The molecule has 13 nitrogen and oxygen atoms in total. The van der Waals surface area contributed by atoms with E-state index >= 15 is 0 Å². The van der Waals surface area contributed by atoms with Gasteiger partial charge >= 0.3 is 17.9 Å². The van der Waals surface area contributed by atoms with E-state index < -0.39 is 17.9 Å². The van der Waals surface area contributed by atoms with Crippen molar-refractivity contribution in [1.82, 2.24) is 34.3 Å². The number of carboxylic acids is 3. The summed E-state index contributed by atoms with van der Waals surface area (Å²) in [6.07, 6.45) is 1.84. The third-order valence-corrected chi connectivity index (χ3v) is 7.63. The first kappa shape index (κ1) is 33.3. The van der Waals surface area contributed by atoms with E-state index in [9.17, 15) is 29.7 Å². The Bertz CT molecular complexity index is 678. The number of aliphatic carboxylic acids is 3. The molecule has 2 bridgehead atoms. The number of carboxylic acid groups (broad SMARTS) is 3. The van der Waals surface area contributed by atoms with Crippen LogP contribution in [0.15, 0.2) is 0 Å². The standard InChI is InChI=1S/C26H51N7O6/c1-27-5-3-7-29-13-17-32(22-25(36)37)19-15-30(16-20-33(18-14-29)23-26(38)39)8-4-6-28(2)10-12-31(11-9-27)21-24(34)35/h3-23H2,1-2H3,(H,34,35)(H,36,37)(H,38,39). The summed E-state index contributed by atoms with van der Waals surface area (Å²) in [5.74, 6) is -2.44. The second-order valence-corrected chi connectivity index (χ2v) is 11.0. The van der Waals surface area contributed by atoms with Crippen LogP contribution in [-0.4, -0.2) is 206 Å². The van der Waals surface area contributed by atoms with E-state index in [-0.39, 0.29) is 19.6 Å². The van der Waals surface area contributed by atoms with E-state index in [1.54, 1.807) is 0 Å². The molecule has 0 aromatic carbocycles. The Morgan fingerprint density at radius 1 is 0.436 bits per heavy atom. The minimum atomic E-state index is -0.817. The van der Waals surface area contributed by atoms with Crippen LogP contribution in [0.1, 0.15) is 12.8 Å². The van der Waals surface area contributed by atoms with Gasteiger partial charge in [0, 0.05) is 78.5 Å². The molecule has 13 heteroatoms. The molecule has 0 aliphatic carbocycles. The van der Waals surface area contributed by atoms with Crippen molar-refractivity contribution in [3.8, 4) is 0 Å². The van der Waals surface area contributed by atoms with Gasteiger partial charge in [-0.2, -0.15) is 0 Å². The minimum absolute atomic E-state index is 0.0190. The molecule has 0 unspecified atom stereocenters. The normalized spacial score (nSPS) is 26.3. The summed E-state index contributed by atoms with van der Waals surface area (Å²) < 4.78 is 0. The molecule has 0 amide bonds. The van der Waals surface area contributed by atoms with E-state index in [0.717, 1.165) is 78.3 Å². The molecular weight excluding hydrogens is 506 g/mol. The van der Waals surface area contributed by atoms with Gasteiger partial charge in [0.25, 0.3) is 0 Å².